The van der Waals surface area contributed by atoms with Gasteiger partial charge in [-0.15, -0.1) is 0 Å². The van der Waals surface area contributed by atoms with E-state index in [0.717, 1.165) is 12.5 Å². The third-order valence-electron chi connectivity index (χ3n) is 8.23. The molecular weight excluding hydrogens is 436 g/mol. The van der Waals surface area contributed by atoms with Crippen LogP contribution in [0.3, 0.4) is 0 Å². The van der Waals surface area contributed by atoms with Gasteiger partial charge < -0.3 is 4.57 Å². The highest BCUT2D eigenvalue weighted by molar-refractivity contribution is 6.32. The smallest absolute Gasteiger partial charge is 0.220 e. The minimum atomic E-state index is 0.903. The van der Waals surface area contributed by atoms with Gasteiger partial charge in [0.15, 0.2) is 0 Å². The highest BCUT2D eigenvalue weighted by atomic mass is 15.0. The number of benzene rings is 3. The van der Waals surface area contributed by atoms with Crippen LogP contribution in [0.15, 0.2) is 91.0 Å². The third-order valence-corrected chi connectivity index (χ3v) is 8.23. The Morgan fingerprint density at radius 1 is 0.889 bits per heavy atom. The lowest BCUT2D eigenvalue weighted by atomic mass is 9.97. The Morgan fingerprint density at radius 3 is 2.44 bits per heavy atom. The molecule has 0 unspecified atom stereocenters. The van der Waals surface area contributed by atoms with Crippen molar-refractivity contribution in [3.63, 3.8) is 0 Å². The zero-order chi connectivity index (χ0) is 24.5. The molecule has 1 aromatic heterocycles. The van der Waals surface area contributed by atoms with Crippen molar-refractivity contribution in [1.29, 1.82) is 0 Å². The molecule has 1 aliphatic carbocycles. The molecule has 0 saturated heterocycles. The van der Waals surface area contributed by atoms with Crippen LogP contribution in [-0.4, -0.2) is 21.9 Å². The van der Waals surface area contributed by atoms with Crippen LogP contribution >= 0.6 is 0 Å². The molecular formula is C34H35N2+. The third kappa shape index (κ3) is 4.05. The van der Waals surface area contributed by atoms with E-state index in [-0.39, 0.29) is 0 Å². The summed E-state index contributed by atoms with van der Waals surface area (Å²) in [6, 6.07) is 28.4. The van der Waals surface area contributed by atoms with Gasteiger partial charge in [0.25, 0.3) is 0 Å². The van der Waals surface area contributed by atoms with Crippen LogP contribution in [0, 0.1) is 12.8 Å². The van der Waals surface area contributed by atoms with Crippen LogP contribution in [0.2, 0.25) is 0 Å². The molecule has 2 heteroatoms. The van der Waals surface area contributed by atoms with Crippen molar-refractivity contribution in [3.05, 3.63) is 113 Å². The summed E-state index contributed by atoms with van der Waals surface area (Å²) in [4.78, 5) is 0. The fourth-order valence-corrected chi connectivity index (χ4v) is 6.34. The van der Waals surface area contributed by atoms with Crippen molar-refractivity contribution in [2.24, 2.45) is 5.92 Å². The van der Waals surface area contributed by atoms with Gasteiger partial charge >= 0.3 is 0 Å². The van der Waals surface area contributed by atoms with Crippen LogP contribution in [-0.2, 0) is 6.54 Å². The first-order valence-electron chi connectivity index (χ1n) is 13.4. The van der Waals surface area contributed by atoms with Crippen molar-refractivity contribution in [3.8, 4) is 0 Å². The number of nitrogens with zero attached hydrogens (tertiary/aromatic N) is 2. The van der Waals surface area contributed by atoms with Crippen LogP contribution in [0.1, 0.15) is 54.5 Å². The molecule has 36 heavy (non-hydrogen) atoms. The van der Waals surface area contributed by atoms with Crippen molar-refractivity contribution < 1.29 is 4.58 Å². The molecule has 0 atom stereocenters. The Bertz CT molecular complexity index is 1490. The molecule has 0 amide bonds. The molecule has 2 aliphatic rings. The molecule has 0 radical (unpaired) electrons. The average molecular weight is 472 g/mol. The number of para-hydroxylation sites is 2. The van der Waals surface area contributed by atoms with E-state index in [1.54, 1.807) is 0 Å². The van der Waals surface area contributed by atoms with Crippen molar-refractivity contribution >= 4 is 34.0 Å². The van der Waals surface area contributed by atoms with E-state index < -0.39 is 0 Å². The number of aromatic nitrogens is 1. The fourth-order valence-electron chi connectivity index (χ4n) is 6.34. The monoisotopic (exact) mass is 471 g/mol. The van der Waals surface area contributed by atoms with Gasteiger partial charge in [-0.2, -0.15) is 4.58 Å². The van der Waals surface area contributed by atoms with Crippen molar-refractivity contribution in [2.45, 2.75) is 45.6 Å². The van der Waals surface area contributed by atoms with E-state index in [1.165, 1.54) is 82.4 Å². The first-order chi connectivity index (χ1) is 17.7. The molecule has 0 bridgehead atoms. The summed E-state index contributed by atoms with van der Waals surface area (Å²) in [6.07, 6.45) is 13.8. The van der Waals surface area contributed by atoms with E-state index in [2.05, 4.69) is 120 Å². The standard InChI is InChI=1S/C34H35N2/c1-25-28(29-17-9-11-22-33(29)36(25)24-23-26-13-6-7-14-26)19-12-20-31-30-18-8-10-21-32(30)35(2)34(31)27-15-4-3-5-16-27/h3-5,8-12,15-22,26H,6-7,13-14,23-24H2,1-2H3/q+1. The number of hydrogen-bond acceptors (Lipinski definition) is 0. The maximum absolute atomic E-state index is 2.56. The highest BCUT2D eigenvalue weighted by Gasteiger charge is 2.32. The summed E-state index contributed by atoms with van der Waals surface area (Å²) in [5.74, 6) is 0.903. The topological polar surface area (TPSA) is 7.94 Å². The number of allylic oxidation sites excluding steroid dienone is 3. The maximum Gasteiger partial charge on any atom is 0.220 e. The molecule has 4 aromatic rings. The average Bonchev–Trinajstić information content (AvgIpc) is 3.60. The summed E-state index contributed by atoms with van der Waals surface area (Å²) >= 11 is 0. The van der Waals surface area contributed by atoms with Gasteiger partial charge in [0, 0.05) is 40.3 Å². The van der Waals surface area contributed by atoms with Crippen molar-refractivity contribution in [2.75, 3.05) is 7.05 Å². The zero-order valence-electron chi connectivity index (χ0n) is 21.5. The molecule has 3 aromatic carbocycles. The first kappa shape index (κ1) is 22.8. The summed E-state index contributed by atoms with van der Waals surface area (Å²) in [7, 11) is 2.17. The number of aryl methyl sites for hydroxylation is 1. The molecule has 0 spiro atoms. The molecule has 1 saturated carbocycles. The lowest BCUT2D eigenvalue weighted by Crippen LogP contribution is -2.09. The lowest BCUT2D eigenvalue weighted by molar-refractivity contribution is -0.400. The molecule has 180 valence electrons. The Hall–Kier alpha value is -3.65. The summed E-state index contributed by atoms with van der Waals surface area (Å²) in [6.45, 7) is 3.41. The summed E-state index contributed by atoms with van der Waals surface area (Å²) in [5.41, 5.74) is 10.4. The minimum absolute atomic E-state index is 0.903. The second kappa shape index (κ2) is 9.78. The van der Waals surface area contributed by atoms with Gasteiger partial charge in [0.1, 0.15) is 7.05 Å². The van der Waals surface area contributed by atoms with Gasteiger partial charge in [-0.1, -0.05) is 86.4 Å². The predicted molar refractivity (Wildman–Crippen MR) is 153 cm³/mol. The Balaban J connectivity index is 1.38. The minimum Gasteiger partial charge on any atom is -0.344 e. The van der Waals surface area contributed by atoms with E-state index in [4.69, 9.17) is 0 Å². The first-order valence-corrected chi connectivity index (χ1v) is 13.4. The number of fused-ring (bicyclic) bond motifs is 2. The molecule has 2 heterocycles. The number of rotatable bonds is 6. The Labute approximate surface area is 214 Å². The van der Waals surface area contributed by atoms with Gasteiger partial charge in [0.2, 0.25) is 11.4 Å². The van der Waals surface area contributed by atoms with Crippen LogP contribution in [0.25, 0.3) is 22.6 Å². The van der Waals surface area contributed by atoms with E-state index in [0.29, 0.717) is 0 Å². The molecule has 0 N–H and O–H groups in total. The highest BCUT2D eigenvalue weighted by Crippen LogP contribution is 2.36. The van der Waals surface area contributed by atoms with Crippen LogP contribution in [0.5, 0.6) is 0 Å². The molecule has 6 rings (SSSR count). The van der Waals surface area contributed by atoms with Gasteiger partial charge in [-0.25, -0.2) is 0 Å². The maximum atomic E-state index is 2.56. The Morgan fingerprint density at radius 2 is 1.61 bits per heavy atom. The van der Waals surface area contributed by atoms with Crippen LogP contribution in [0.4, 0.5) is 5.69 Å². The van der Waals surface area contributed by atoms with Gasteiger partial charge in [-0.05, 0) is 49.6 Å². The SMILES string of the molecule is Cc1c(C=CC=C2C(c3ccccc3)=[N+](C)c3ccccc32)c2ccccc2n1CCC1CCCC1. The lowest BCUT2D eigenvalue weighted by Gasteiger charge is -2.12. The second-order valence-electron chi connectivity index (χ2n) is 10.3. The summed E-state index contributed by atoms with van der Waals surface area (Å²) in [5, 5.41) is 1.35. The van der Waals surface area contributed by atoms with Crippen LogP contribution < -0.4 is 0 Å². The van der Waals surface area contributed by atoms with E-state index >= 15 is 0 Å². The Kier molecular flexibility index (Phi) is 6.19. The zero-order valence-corrected chi connectivity index (χ0v) is 21.5. The summed E-state index contributed by atoms with van der Waals surface area (Å²) < 4.78 is 4.88. The number of hydrogen-bond donors (Lipinski definition) is 0. The van der Waals surface area contributed by atoms with E-state index in [1.807, 2.05) is 0 Å². The van der Waals surface area contributed by atoms with E-state index in [9.17, 15) is 0 Å². The van der Waals surface area contributed by atoms with Gasteiger partial charge in [-0.3, -0.25) is 0 Å². The molecule has 2 nitrogen and oxygen atoms in total. The fraction of sp³-hybridized carbons (Fsp3) is 0.265. The quantitative estimate of drug-likeness (QED) is 0.249. The molecule has 1 fully saturated rings. The van der Waals surface area contributed by atoms with Crippen molar-refractivity contribution in [1.82, 2.24) is 4.57 Å². The predicted octanol–water partition coefficient (Wildman–Crippen LogP) is 8.40. The molecule has 1 aliphatic heterocycles. The normalized spacial score (nSPS) is 17.2. The second-order valence-corrected chi connectivity index (χ2v) is 10.3. The largest absolute Gasteiger partial charge is 0.344 e. The van der Waals surface area contributed by atoms with Gasteiger partial charge in [0.05, 0.1) is 11.1 Å².